The van der Waals surface area contributed by atoms with E-state index < -0.39 is 24.0 Å². The molecule has 0 aromatic heterocycles. The monoisotopic (exact) mass is 576 g/mol. The van der Waals surface area contributed by atoms with E-state index in [1.807, 2.05) is 31.2 Å². The van der Waals surface area contributed by atoms with Gasteiger partial charge in [0.05, 0.1) is 48.6 Å². The zero-order valence-corrected chi connectivity index (χ0v) is 24.2. The molecule has 2 aliphatic rings. The summed E-state index contributed by atoms with van der Waals surface area (Å²) < 4.78 is 16.4. The van der Waals surface area contributed by atoms with Crippen LogP contribution in [0, 0.1) is 11.3 Å². The van der Waals surface area contributed by atoms with E-state index in [0.29, 0.717) is 40.0 Å². The minimum Gasteiger partial charge on any atom is -0.497 e. The molecule has 2 aliphatic heterocycles. The van der Waals surface area contributed by atoms with Crippen LogP contribution in [0.15, 0.2) is 70.4 Å². The van der Waals surface area contributed by atoms with Gasteiger partial charge in [-0.2, -0.15) is 5.26 Å². The molecule has 4 rings (SSSR count). The molecule has 0 spiro atoms. The summed E-state index contributed by atoms with van der Waals surface area (Å²) in [6.07, 6.45) is 0.0929. The number of urea groups is 1. The van der Waals surface area contributed by atoms with Gasteiger partial charge in [-0.25, -0.2) is 9.59 Å². The third-order valence-electron chi connectivity index (χ3n) is 6.82. The number of carbonyl (C=O) groups excluding carboxylic acids is 3. The lowest BCUT2D eigenvalue weighted by Gasteiger charge is -2.35. The van der Waals surface area contributed by atoms with Gasteiger partial charge in [-0.1, -0.05) is 30.3 Å². The first-order valence-corrected chi connectivity index (χ1v) is 14.2. The van der Waals surface area contributed by atoms with Gasteiger partial charge < -0.3 is 24.8 Å². The number of ether oxygens (including phenoxy) is 3. The number of carbonyl (C=O) groups is 3. The van der Waals surface area contributed by atoms with Crippen molar-refractivity contribution < 1.29 is 28.6 Å². The molecule has 2 aromatic rings. The quantitative estimate of drug-likeness (QED) is 0.399. The number of amides is 3. The molecule has 0 aliphatic carbocycles. The second-order valence-corrected chi connectivity index (χ2v) is 10.2. The predicted molar refractivity (Wildman–Crippen MR) is 154 cm³/mol. The average molecular weight is 577 g/mol. The SMILES string of the molecule is CCOC(=O)C1=C(CSC2=C(C#N)C(c3ccccc3OCC)CC(=O)N2)N(C)C(=O)NC1c1ccc(OC)cc1. The maximum absolute atomic E-state index is 13.3. The number of allylic oxidation sites excluding steroid dienone is 1. The Morgan fingerprint density at radius 3 is 2.51 bits per heavy atom. The van der Waals surface area contributed by atoms with Crippen LogP contribution in [0.2, 0.25) is 0 Å². The highest BCUT2D eigenvalue weighted by atomic mass is 32.2. The minimum atomic E-state index is -0.768. The van der Waals surface area contributed by atoms with Crippen molar-refractivity contribution in [3.63, 3.8) is 0 Å². The van der Waals surface area contributed by atoms with E-state index in [2.05, 4.69) is 16.7 Å². The Labute approximate surface area is 243 Å². The minimum absolute atomic E-state index is 0.0929. The van der Waals surface area contributed by atoms with Crippen molar-refractivity contribution in [2.24, 2.45) is 0 Å². The van der Waals surface area contributed by atoms with E-state index in [1.165, 1.54) is 16.7 Å². The number of nitrogens with one attached hydrogen (secondary N) is 2. The molecule has 2 unspecified atom stereocenters. The van der Waals surface area contributed by atoms with Gasteiger partial charge in [-0.3, -0.25) is 9.69 Å². The van der Waals surface area contributed by atoms with Gasteiger partial charge in [-0.15, -0.1) is 11.8 Å². The average Bonchev–Trinajstić information content (AvgIpc) is 2.98. The van der Waals surface area contributed by atoms with E-state index in [9.17, 15) is 19.6 Å². The Balaban J connectivity index is 1.75. The van der Waals surface area contributed by atoms with Gasteiger partial charge in [0.15, 0.2) is 0 Å². The molecule has 0 saturated heterocycles. The summed E-state index contributed by atoms with van der Waals surface area (Å²) >= 11 is 1.18. The Kier molecular flexibility index (Phi) is 9.57. The summed E-state index contributed by atoms with van der Waals surface area (Å²) in [4.78, 5) is 40.5. The largest absolute Gasteiger partial charge is 0.497 e. The highest BCUT2D eigenvalue weighted by Crippen LogP contribution is 2.41. The molecule has 10 nitrogen and oxygen atoms in total. The maximum Gasteiger partial charge on any atom is 0.338 e. The normalized spacial score (nSPS) is 18.9. The topological polar surface area (TPSA) is 130 Å². The molecular formula is C30H32N4O6S. The van der Waals surface area contributed by atoms with E-state index in [-0.39, 0.29) is 30.3 Å². The van der Waals surface area contributed by atoms with Crippen molar-refractivity contribution in [3.8, 4) is 17.6 Å². The summed E-state index contributed by atoms with van der Waals surface area (Å²) in [6, 6.07) is 15.5. The maximum atomic E-state index is 13.3. The molecule has 2 aromatic carbocycles. The fourth-order valence-corrected chi connectivity index (χ4v) is 5.98. The van der Waals surface area contributed by atoms with Gasteiger partial charge in [-0.05, 0) is 37.6 Å². The third-order valence-corrected chi connectivity index (χ3v) is 7.85. The zero-order chi connectivity index (χ0) is 29.5. The molecule has 2 N–H and O–H groups in total. The molecule has 2 heterocycles. The van der Waals surface area contributed by atoms with Crippen LogP contribution in [0.5, 0.6) is 11.5 Å². The molecule has 3 amide bonds. The van der Waals surface area contributed by atoms with Crippen LogP contribution >= 0.6 is 11.8 Å². The first-order valence-electron chi connectivity index (χ1n) is 13.2. The Morgan fingerprint density at radius 1 is 1.12 bits per heavy atom. The van der Waals surface area contributed by atoms with Crippen LogP contribution in [-0.2, 0) is 14.3 Å². The van der Waals surface area contributed by atoms with Gasteiger partial charge in [0, 0.05) is 36.4 Å². The number of hydrogen-bond acceptors (Lipinski definition) is 8. The lowest BCUT2D eigenvalue weighted by molar-refractivity contribution is -0.139. The number of nitrogens with zero attached hydrogens (tertiary/aromatic N) is 2. The predicted octanol–water partition coefficient (Wildman–Crippen LogP) is 4.38. The number of thioether (sulfide) groups is 1. The fraction of sp³-hybridized carbons (Fsp3) is 0.333. The lowest BCUT2D eigenvalue weighted by Crippen LogP contribution is -2.47. The molecule has 0 radical (unpaired) electrons. The van der Waals surface area contributed by atoms with Crippen molar-refractivity contribution >= 4 is 29.7 Å². The highest BCUT2D eigenvalue weighted by Gasteiger charge is 2.38. The third kappa shape index (κ3) is 6.33. The first kappa shape index (κ1) is 29.6. The van der Waals surface area contributed by atoms with Crippen LogP contribution < -0.4 is 20.1 Å². The smallest absolute Gasteiger partial charge is 0.338 e. The van der Waals surface area contributed by atoms with Crippen molar-refractivity contribution in [2.75, 3.05) is 33.1 Å². The number of esters is 1. The molecule has 0 saturated carbocycles. The summed E-state index contributed by atoms with van der Waals surface area (Å²) in [6.45, 7) is 4.17. The standard InChI is InChI=1S/C30H32N4O6S/c1-5-39-24-10-8-7-9-20(24)21-15-25(35)32-28(22(21)16-31)41-17-23-26(29(36)40-6-2)27(33-30(37)34(23)3)18-11-13-19(38-4)14-12-18/h7-14,21,27H,5-6,15,17H2,1-4H3,(H,32,35)(H,33,37). The van der Waals surface area contributed by atoms with Crippen LogP contribution in [0.25, 0.3) is 0 Å². The van der Waals surface area contributed by atoms with Gasteiger partial charge in [0.2, 0.25) is 5.91 Å². The second kappa shape index (κ2) is 13.3. The van der Waals surface area contributed by atoms with E-state index in [0.717, 1.165) is 5.56 Å². The van der Waals surface area contributed by atoms with Crippen LogP contribution in [0.1, 0.15) is 43.4 Å². The number of benzene rings is 2. The summed E-state index contributed by atoms with van der Waals surface area (Å²) in [5.74, 6) is 0.0532. The van der Waals surface area contributed by atoms with Crippen LogP contribution in [0.4, 0.5) is 4.79 Å². The molecule has 11 heteroatoms. The second-order valence-electron chi connectivity index (χ2n) is 9.21. The first-order chi connectivity index (χ1) is 19.8. The summed E-state index contributed by atoms with van der Waals surface area (Å²) in [5, 5.41) is 16.3. The lowest BCUT2D eigenvalue weighted by atomic mass is 9.86. The summed E-state index contributed by atoms with van der Waals surface area (Å²) in [7, 11) is 3.12. The number of hydrogen-bond donors (Lipinski definition) is 2. The van der Waals surface area contributed by atoms with E-state index >= 15 is 0 Å². The summed E-state index contributed by atoms with van der Waals surface area (Å²) in [5.41, 5.74) is 2.49. The van der Waals surface area contributed by atoms with Crippen LogP contribution in [0.3, 0.4) is 0 Å². The fourth-order valence-electron chi connectivity index (χ4n) is 4.82. The molecule has 0 bridgehead atoms. The van der Waals surface area contributed by atoms with Crippen molar-refractivity contribution in [1.29, 1.82) is 5.26 Å². The zero-order valence-electron chi connectivity index (χ0n) is 23.4. The van der Waals surface area contributed by atoms with Crippen LogP contribution in [-0.4, -0.2) is 55.9 Å². The molecule has 214 valence electrons. The number of para-hydroxylation sites is 1. The van der Waals surface area contributed by atoms with E-state index in [1.54, 1.807) is 45.3 Å². The van der Waals surface area contributed by atoms with Crippen molar-refractivity contribution in [2.45, 2.75) is 32.2 Å². The van der Waals surface area contributed by atoms with Gasteiger partial charge in [0.1, 0.15) is 11.5 Å². The Morgan fingerprint density at radius 2 is 1.85 bits per heavy atom. The molecular weight excluding hydrogens is 544 g/mol. The number of methoxy groups -OCH3 is 1. The molecule has 0 fully saturated rings. The molecule has 41 heavy (non-hydrogen) atoms. The molecule has 2 atom stereocenters. The highest BCUT2D eigenvalue weighted by molar-refractivity contribution is 8.03. The van der Waals surface area contributed by atoms with Crippen molar-refractivity contribution in [1.82, 2.24) is 15.5 Å². The van der Waals surface area contributed by atoms with E-state index in [4.69, 9.17) is 14.2 Å². The Hall–Kier alpha value is -4.43. The Bertz CT molecular complexity index is 1430. The van der Waals surface area contributed by atoms with Gasteiger partial charge >= 0.3 is 12.0 Å². The number of nitriles is 1. The van der Waals surface area contributed by atoms with Gasteiger partial charge in [0.25, 0.3) is 0 Å². The van der Waals surface area contributed by atoms with Crippen molar-refractivity contribution in [3.05, 3.63) is 81.5 Å². The number of rotatable bonds is 10.